The van der Waals surface area contributed by atoms with Gasteiger partial charge in [-0.3, -0.25) is 14.4 Å². The number of carbonyl (C=O) groups excluding carboxylic acids is 3. The first kappa shape index (κ1) is 35.3. The number of amides is 3. The summed E-state index contributed by atoms with van der Waals surface area (Å²) in [5.41, 5.74) is 12.3. The molecule has 12 nitrogen and oxygen atoms in total. The van der Waals surface area contributed by atoms with Crippen LogP contribution < -0.4 is 16.0 Å². The number of carbonyl (C=O) groups is 3. The Morgan fingerprint density at radius 3 is 2.40 bits per heavy atom. The van der Waals surface area contributed by atoms with Gasteiger partial charge in [0.2, 0.25) is 5.91 Å². The molecule has 5 rings (SSSR count). The molecule has 1 aliphatic heterocycles. The van der Waals surface area contributed by atoms with Gasteiger partial charge in [-0.25, -0.2) is 8.78 Å². The summed E-state index contributed by atoms with van der Waals surface area (Å²) in [6.07, 6.45) is 0.303. The topological polar surface area (TPSA) is 169 Å². The molecular formula is C36H35F2N7O5. The summed E-state index contributed by atoms with van der Waals surface area (Å²) in [5, 5.41) is 21.7. The van der Waals surface area contributed by atoms with Crippen LogP contribution >= 0.6 is 0 Å². The average molecular weight is 684 g/mol. The van der Waals surface area contributed by atoms with Crippen molar-refractivity contribution in [2.75, 3.05) is 31.6 Å². The van der Waals surface area contributed by atoms with Crippen LogP contribution in [0.5, 0.6) is 5.75 Å². The summed E-state index contributed by atoms with van der Waals surface area (Å²) in [6.45, 7) is 2.50. The highest BCUT2D eigenvalue weighted by molar-refractivity contribution is 5.99. The number of phenolic OH excluding ortho intramolecular Hbond substituents is 1. The zero-order valence-corrected chi connectivity index (χ0v) is 27.2. The maximum atomic E-state index is 14.4. The van der Waals surface area contributed by atoms with E-state index in [1.54, 1.807) is 37.3 Å². The van der Waals surface area contributed by atoms with Crippen molar-refractivity contribution in [3.05, 3.63) is 134 Å². The number of nitrogens with zero attached hydrogens (tertiary/aromatic N) is 4. The van der Waals surface area contributed by atoms with Crippen LogP contribution in [-0.2, 0) is 29.0 Å². The van der Waals surface area contributed by atoms with Gasteiger partial charge in [-0.15, -0.1) is 0 Å². The maximum Gasteiger partial charge on any atom is 0.254 e. The molecule has 4 aromatic carbocycles. The van der Waals surface area contributed by atoms with Crippen LogP contribution in [-0.4, -0.2) is 60.1 Å². The minimum atomic E-state index is -1.06. The summed E-state index contributed by atoms with van der Waals surface area (Å²) in [6, 6.07) is 19.8. The number of aryl methyl sites for hydroxylation is 1. The number of rotatable bonds is 13. The predicted octanol–water partition coefficient (Wildman–Crippen LogP) is 5.66. The molecule has 0 saturated heterocycles. The van der Waals surface area contributed by atoms with Crippen LogP contribution in [0.1, 0.15) is 43.0 Å². The standard InChI is InChI=1S/C36H35F2N7O5/c1-22-6-7-25(18-30(22)42-20-28-29(37)12-13-32(46)33(28)38)36(49)45-21-26-5-3-2-4-24(26)19-31(45)35(48)41-15-17-50-16-14-40-34(47)23-8-10-27(11-9-23)43-44-39/h2-13,18,31,42,46H,14-17,19-21H2,1H3,(H,40,47)(H,41,48)/t31-/m0/s1. The second-order valence-corrected chi connectivity index (χ2v) is 11.6. The first-order valence-corrected chi connectivity index (χ1v) is 15.8. The van der Waals surface area contributed by atoms with Gasteiger partial charge in [-0.2, -0.15) is 0 Å². The molecule has 4 aromatic rings. The molecule has 4 N–H and O–H groups in total. The highest BCUT2D eigenvalue weighted by Gasteiger charge is 2.35. The fourth-order valence-corrected chi connectivity index (χ4v) is 5.55. The van der Waals surface area contributed by atoms with Crippen LogP contribution in [0.4, 0.5) is 20.2 Å². The van der Waals surface area contributed by atoms with E-state index in [4.69, 9.17) is 10.3 Å². The van der Waals surface area contributed by atoms with E-state index < -0.39 is 29.3 Å². The third-order valence-electron chi connectivity index (χ3n) is 8.29. The number of hydrogen-bond donors (Lipinski definition) is 4. The molecule has 0 spiro atoms. The lowest BCUT2D eigenvalue weighted by atomic mass is 9.92. The molecule has 1 aliphatic rings. The minimum absolute atomic E-state index is 0.174. The van der Waals surface area contributed by atoms with Gasteiger partial charge in [0.05, 0.1) is 13.2 Å². The fourth-order valence-electron chi connectivity index (χ4n) is 5.55. The Hall–Kier alpha value is -5.98. The molecule has 1 heterocycles. The number of halogens is 2. The molecule has 0 radical (unpaired) electrons. The zero-order chi connectivity index (χ0) is 35.6. The van der Waals surface area contributed by atoms with Crippen molar-refractivity contribution in [1.82, 2.24) is 15.5 Å². The van der Waals surface area contributed by atoms with E-state index in [1.807, 2.05) is 24.3 Å². The van der Waals surface area contributed by atoms with Crippen LogP contribution in [0.3, 0.4) is 0 Å². The molecule has 0 aromatic heterocycles. The third kappa shape index (κ3) is 8.53. The summed E-state index contributed by atoms with van der Waals surface area (Å²) in [5.74, 6) is -3.60. The summed E-state index contributed by atoms with van der Waals surface area (Å²) < 4.78 is 34.2. The van der Waals surface area contributed by atoms with Crippen LogP contribution in [0, 0.1) is 18.6 Å². The predicted molar refractivity (Wildman–Crippen MR) is 182 cm³/mol. The average Bonchev–Trinajstić information content (AvgIpc) is 3.12. The molecule has 50 heavy (non-hydrogen) atoms. The van der Waals surface area contributed by atoms with E-state index in [0.29, 0.717) is 23.4 Å². The van der Waals surface area contributed by atoms with Gasteiger partial charge in [0.15, 0.2) is 11.6 Å². The first-order chi connectivity index (χ1) is 24.2. The molecule has 0 aliphatic carbocycles. The van der Waals surface area contributed by atoms with Crippen molar-refractivity contribution in [1.29, 1.82) is 0 Å². The highest BCUT2D eigenvalue weighted by Crippen LogP contribution is 2.28. The number of anilines is 1. The second-order valence-electron chi connectivity index (χ2n) is 11.6. The number of nitrogens with one attached hydrogen (secondary N) is 3. The second kappa shape index (κ2) is 16.4. The highest BCUT2D eigenvalue weighted by atomic mass is 19.1. The lowest BCUT2D eigenvalue weighted by Crippen LogP contribution is -2.53. The summed E-state index contributed by atoms with van der Waals surface area (Å²) in [4.78, 5) is 43.9. The molecule has 3 amide bonds. The first-order valence-electron chi connectivity index (χ1n) is 15.8. The fraction of sp³-hybridized carbons (Fsp3) is 0.250. The van der Waals surface area contributed by atoms with E-state index in [9.17, 15) is 28.3 Å². The summed E-state index contributed by atoms with van der Waals surface area (Å²) >= 11 is 0. The van der Waals surface area contributed by atoms with Gasteiger partial charge < -0.3 is 30.7 Å². The Kier molecular flexibility index (Phi) is 11.6. The number of ether oxygens (including phenoxy) is 1. The lowest BCUT2D eigenvalue weighted by molar-refractivity contribution is -0.126. The van der Waals surface area contributed by atoms with Gasteiger partial charge in [0.1, 0.15) is 11.9 Å². The van der Waals surface area contributed by atoms with Crippen molar-refractivity contribution in [3.63, 3.8) is 0 Å². The Morgan fingerprint density at radius 1 is 0.960 bits per heavy atom. The van der Waals surface area contributed by atoms with Crippen molar-refractivity contribution in [2.24, 2.45) is 5.11 Å². The van der Waals surface area contributed by atoms with Gasteiger partial charge in [-0.05, 0) is 65.5 Å². The molecular weight excluding hydrogens is 648 g/mol. The zero-order valence-electron chi connectivity index (χ0n) is 27.2. The molecule has 0 unspecified atom stereocenters. The van der Waals surface area contributed by atoms with Crippen molar-refractivity contribution in [3.8, 4) is 5.75 Å². The minimum Gasteiger partial charge on any atom is -0.505 e. The Labute approximate surface area is 286 Å². The van der Waals surface area contributed by atoms with Crippen molar-refractivity contribution >= 4 is 29.1 Å². The van der Waals surface area contributed by atoms with Gasteiger partial charge in [0.25, 0.3) is 11.8 Å². The van der Waals surface area contributed by atoms with E-state index in [0.717, 1.165) is 28.8 Å². The van der Waals surface area contributed by atoms with Crippen molar-refractivity contribution < 1.29 is 33.0 Å². The maximum absolute atomic E-state index is 14.4. The molecule has 0 fully saturated rings. The van der Waals surface area contributed by atoms with Crippen LogP contribution in [0.25, 0.3) is 10.4 Å². The van der Waals surface area contributed by atoms with E-state index in [1.165, 1.54) is 17.0 Å². The Balaban J connectivity index is 1.17. The smallest absolute Gasteiger partial charge is 0.254 e. The SMILES string of the molecule is Cc1ccc(C(=O)N2Cc3ccccc3C[C@H]2C(=O)NCCOCCNC(=O)c2ccc(N=[N+]=[N-])cc2)cc1NCc1c(F)ccc(O)c1F. The monoisotopic (exact) mass is 683 g/mol. The number of benzene rings is 4. The van der Waals surface area contributed by atoms with Gasteiger partial charge >= 0.3 is 0 Å². The van der Waals surface area contributed by atoms with E-state index in [-0.39, 0.29) is 62.3 Å². The van der Waals surface area contributed by atoms with E-state index in [2.05, 4.69) is 26.0 Å². The lowest BCUT2D eigenvalue weighted by Gasteiger charge is -2.36. The molecule has 258 valence electrons. The largest absolute Gasteiger partial charge is 0.505 e. The van der Waals surface area contributed by atoms with Crippen LogP contribution in [0.15, 0.2) is 84.0 Å². The van der Waals surface area contributed by atoms with Gasteiger partial charge in [-0.1, -0.05) is 47.6 Å². The number of fused-ring (bicyclic) bond motifs is 1. The van der Waals surface area contributed by atoms with Gasteiger partial charge in [0, 0.05) is 65.6 Å². The molecule has 0 saturated carbocycles. The Bertz CT molecular complexity index is 1930. The molecule has 14 heteroatoms. The molecule has 0 bridgehead atoms. The third-order valence-corrected chi connectivity index (χ3v) is 8.29. The summed E-state index contributed by atoms with van der Waals surface area (Å²) in [7, 11) is 0. The number of azide groups is 1. The van der Waals surface area contributed by atoms with E-state index >= 15 is 0 Å². The van der Waals surface area contributed by atoms with Crippen molar-refractivity contribution in [2.45, 2.75) is 32.5 Å². The van der Waals surface area contributed by atoms with Crippen LogP contribution in [0.2, 0.25) is 0 Å². The normalized spacial score (nSPS) is 13.5. The quantitative estimate of drug-likeness (QED) is 0.0614. The number of phenols is 1. The number of aromatic hydroxyl groups is 1. The number of hydrogen-bond acceptors (Lipinski definition) is 7. The molecule has 1 atom stereocenters. The Morgan fingerprint density at radius 2 is 1.66 bits per heavy atom.